The molecule has 1 heterocycles. The Hall–Kier alpha value is -1.62. The lowest BCUT2D eigenvalue weighted by Crippen LogP contribution is -2.40. The molecule has 18 heavy (non-hydrogen) atoms. The van der Waals surface area contributed by atoms with Gasteiger partial charge in [-0.3, -0.25) is 14.5 Å². The van der Waals surface area contributed by atoms with Crippen LogP contribution in [-0.2, 0) is 4.79 Å². The Morgan fingerprint density at radius 1 is 1.22 bits per heavy atom. The molecule has 1 rings (SSSR count). The van der Waals surface area contributed by atoms with Gasteiger partial charge in [0.05, 0.1) is 18.8 Å². The third kappa shape index (κ3) is 4.00. The zero-order valence-corrected chi connectivity index (χ0v) is 11.3. The molecule has 0 fully saturated rings. The fourth-order valence-corrected chi connectivity index (χ4v) is 1.80. The molecule has 0 unspecified atom stereocenters. The van der Waals surface area contributed by atoms with Crippen LogP contribution >= 0.6 is 0 Å². The van der Waals surface area contributed by atoms with Gasteiger partial charge in [-0.1, -0.05) is 0 Å². The fourth-order valence-electron chi connectivity index (χ4n) is 1.80. The molecule has 0 atom stereocenters. The van der Waals surface area contributed by atoms with Gasteiger partial charge < -0.3 is 9.88 Å². The molecule has 1 aromatic heterocycles. The highest BCUT2D eigenvalue weighted by atomic mass is 16.2. The van der Waals surface area contributed by atoms with Gasteiger partial charge in [0.2, 0.25) is 5.91 Å². The molecular formula is C13H21N3O2. The van der Waals surface area contributed by atoms with Crippen molar-refractivity contribution in [1.29, 1.82) is 0 Å². The van der Waals surface area contributed by atoms with Crippen LogP contribution < -0.4 is 0 Å². The van der Waals surface area contributed by atoms with E-state index in [9.17, 15) is 9.59 Å². The number of H-pyrrole nitrogens is 1. The molecule has 0 spiro atoms. The van der Waals surface area contributed by atoms with E-state index in [0.717, 1.165) is 0 Å². The van der Waals surface area contributed by atoms with Crippen LogP contribution in [0, 0.1) is 0 Å². The third-order valence-electron chi connectivity index (χ3n) is 2.83. The van der Waals surface area contributed by atoms with E-state index < -0.39 is 0 Å². The van der Waals surface area contributed by atoms with E-state index >= 15 is 0 Å². The highest BCUT2D eigenvalue weighted by molar-refractivity contribution is 5.96. The number of rotatable bonds is 7. The minimum atomic E-state index is -0.00477. The number of hydrogen-bond donors (Lipinski definition) is 1. The smallest absolute Gasteiger partial charge is 0.236 e. The topological polar surface area (TPSA) is 56.4 Å². The van der Waals surface area contributed by atoms with E-state index in [-0.39, 0.29) is 24.8 Å². The lowest BCUT2D eigenvalue weighted by Gasteiger charge is -2.22. The van der Waals surface area contributed by atoms with E-state index in [1.165, 1.54) is 0 Å². The number of nitrogens with one attached hydrogen (secondary N) is 1. The maximum absolute atomic E-state index is 11.8. The quantitative estimate of drug-likeness (QED) is 0.735. The molecule has 0 aliphatic carbocycles. The Kier molecular flexibility index (Phi) is 5.58. The monoisotopic (exact) mass is 251 g/mol. The SMILES string of the molecule is CCN(CC)C(=O)CN(C)CC(=O)c1ccc[nH]1. The molecule has 0 saturated carbocycles. The van der Waals surface area contributed by atoms with Gasteiger partial charge in [-0.15, -0.1) is 0 Å². The summed E-state index contributed by atoms with van der Waals surface area (Å²) >= 11 is 0. The number of likely N-dealkylation sites (N-methyl/N-ethyl adjacent to an activating group) is 2. The summed E-state index contributed by atoms with van der Waals surface area (Å²) in [5.74, 6) is 0.0524. The van der Waals surface area contributed by atoms with Crippen molar-refractivity contribution in [1.82, 2.24) is 14.8 Å². The maximum Gasteiger partial charge on any atom is 0.236 e. The van der Waals surface area contributed by atoms with Gasteiger partial charge in [-0.05, 0) is 33.0 Å². The number of carbonyl (C=O) groups excluding carboxylic acids is 2. The number of Topliss-reactive ketones (excluding diaryl/α,β-unsaturated/α-hetero) is 1. The molecule has 5 heteroatoms. The molecule has 0 aliphatic rings. The molecule has 0 bridgehead atoms. The zero-order valence-electron chi connectivity index (χ0n) is 11.3. The number of ketones is 1. The highest BCUT2D eigenvalue weighted by Gasteiger charge is 2.15. The van der Waals surface area contributed by atoms with E-state index in [0.29, 0.717) is 18.8 Å². The number of aromatic nitrogens is 1. The normalized spacial score (nSPS) is 10.7. The standard InChI is InChI=1S/C13H21N3O2/c1-4-16(5-2)13(18)10-15(3)9-12(17)11-7-6-8-14-11/h6-8,14H,4-5,9-10H2,1-3H3. The number of aromatic amines is 1. The predicted octanol–water partition coefficient (Wildman–Crippen LogP) is 0.998. The second kappa shape index (κ2) is 6.96. The first kappa shape index (κ1) is 14.4. The average molecular weight is 251 g/mol. The van der Waals surface area contributed by atoms with Crippen LogP contribution in [0.2, 0.25) is 0 Å². The first-order valence-corrected chi connectivity index (χ1v) is 6.21. The fraction of sp³-hybridized carbons (Fsp3) is 0.538. The van der Waals surface area contributed by atoms with Crippen LogP contribution in [-0.4, -0.2) is 59.7 Å². The summed E-state index contributed by atoms with van der Waals surface area (Å²) in [6.45, 7) is 5.82. The van der Waals surface area contributed by atoms with Gasteiger partial charge in [-0.2, -0.15) is 0 Å². The van der Waals surface area contributed by atoms with Crippen LogP contribution in [0.5, 0.6) is 0 Å². The number of amides is 1. The minimum absolute atomic E-state index is 0.00477. The van der Waals surface area contributed by atoms with Gasteiger partial charge in [0, 0.05) is 19.3 Å². The van der Waals surface area contributed by atoms with Crippen LogP contribution in [0.15, 0.2) is 18.3 Å². The second-order valence-corrected chi connectivity index (χ2v) is 4.25. The maximum atomic E-state index is 11.8. The lowest BCUT2D eigenvalue weighted by molar-refractivity contribution is -0.131. The minimum Gasteiger partial charge on any atom is -0.359 e. The molecule has 100 valence electrons. The largest absolute Gasteiger partial charge is 0.359 e. The molecule has 0 aliphatic heterocycles. The average Bonchev–Trinajstić information content (AvgIpc) is 2.83. The summed E-state index contributed by atoms with van der Waals surface area (Å²) in [5.41, 5.74) is 0.581. The van der Waals surface area contributed by atoms with Crippen LogP contribution in [0.3, 0.4) is 0 Å². The number of hydrogen-bond acceptors (Lipinski definition) is 3. The van der Waals surface area contributed by atoms with Gasteiger partial charge in [0.1, 0.15) is 0 Å². The Bertz CT molecular complexity index is 383. The number of carbonyl (C=O) groups is 2. The van der Waals surface area contributed by atoms with Gasteiger partial charge >= 0.3 is 0 Å². The Morgan fingerprint density at radius 2 is 1.89 bits per heavy atom. The molecular weight excluding hydrogens is 230 g/mol. The molecule has 1 amide bonds. The number of nitrogens with zero attached hydrogens (tertiary/aromatic N) is 2. The summed E-state index contributed by atoms with van der Waals surface area (Å²) in [6, 6.07) is 3.52. The van der Waals surface area contributed by atoms with Crippen molar-refractivity contribution in [3.8, 4) is 0 Å². The summed E-state index contributed by atoms with van der Waals surface area (Å²) in [5, 5.41) is 0. The third-order valence-corrected chi connectivity index (χ3v) is 2.83. The molecule has 5 nitrogen and oxygen atoms in total. The summed E-state index contributed by atoms with van der Waals surface area (Å²) in [6.07, 6.45) is 1.72. The summed E-state index contributed by atoms with van der Waals surface area (Å²) in [7, 11) is 1.78. The van der Waals surface area contributed by atoms with Crippen LogP contribution in [0.4, 0.5) is 0 Å². The highest BCUT2D eigenvalue weighted by Crippen LogP contribution is 1.99. The Balaban J connectivity index is 2.44. The molecule has 0 radical (unpaired) electrons. The first-order valence-electron chi connectivity index (χ1n) is 6.21. The van der Waals surface area contributed by atoms with E-state index in [2.05, 4.69) is 4.98 Å². The van der Waals surface area contributed by atoms with Crippen molar-refractivity contribution < 1.29 is 9.59 Å². The van der Waals surface area contributed by atoms with Crippen molar-refractivity contribution in [2.75, 3.05) is 33.2 Å². The van der Waals surface area contributed by atoms with Gasteiger partial charge in [0.25, 0.3) is 0 Å². The van der Waals surface area contributed by atoms with Gasteiger partial charge in [0.15, 0.2) is 5.78 Å². The van der Waals surface area contributed by atoms with Gasteiger partial charge in [-0.25, -0.2) is 0 Å². The van der Waals surface area contributed by atoms with Crippen LogP contribution in [0.1, 0.15) is 24.3 Å². The second-order valence-electron chi connectivity index (χ2n) is 4.25. The van der Waals surface area contributed by atoms with Crippen molar-refractivity contribution in [2.24, 2.45) is 0 Å². The van der Waals surface area contributed by atoms with Crippen molar-refractivity contribution >= 4 is 11.7 Å². The molecule has 0 aromatic carbocycles. The predicted molar refractivity (Wildman–Crippen MR) is 70.5 cm³/mol. The van der Waals surface area contributed by atoms with Crippen LogP contribution in [0.25, 0.3) is 0 Å². The summed E-state index contributed by atoms with van der Waals surface area (Å²) < 4.78 is 0. The molecule has 0 saturated heterocycles. The molecule has 1 aromatic rings. The first-order chi connectivity index (χ1) is 8.58. The van der Waals surface area contributed by atoms with Crippen molar-refractivity contribution in [3.63, 3.8) is 0 Å². The van der Waals surface area contributed by atoms with Crippen molar-refractivity contribution in [3.05, 3.63) is 24.0 Å². The van der Waals surface area contributed by atoms with E-state index in [4.69, 9.17) is 0 Å². The molecule has 1 N–H and O–H groups in total. The van der Waals surface area contributed by atoms with Crippen molar-refractivity contribution in [2.45, 2.75) is 13.8 Å². The zero-order chi connectivity index (χ0) is 13.5. The summed E-state index contributed by atoms with van der Waals surface area (Å²) in [4.78, 5) is 30.0. The van der Waals surface area contributed by atoms with E-state index in [1.807, 2.05) is 13.8 Å². The Labute approximate surface area is 108 Å². The lowest BCUT2D eigenvalue weighted by atomic mass is 10.2. The van der Waals surface area contributed by atoms with E-state index in [1.54, 1.807) is 35.2 Å². The Morgan fingerprint density at radius 3 is 2.39 bits per heavy atom.